The summed E-state index contributed by atoms with van der Waals surface area (Å²) in [5, 5.41) is 7.75. The van der Waals surface area contributed by atoms with Crippen LogP contribution in [0.3, 0.4) is 0 Å². The second-order valence-electron chi connectivity index (χ2n) is 1.20. The topological polar surface area (TPSA) is 63.3 Å². The molecule has 0 spiro atoms. The number of carboxylic acids is 1. The zero-order chi connectivity index (χ0) is 6.73. The molecule has 9 heavy (non-hydrogen) atoms. The maximum Gasteiger partial charge on any atom is 0.326 e. The summed E-state index contributed by atoms with van der Waals surface area (Å²) in [6.07, 6.45) is -2.98. The Morgan fingerprint density at radius 1 is 1.56 bits per heavy atom. The van der Waals surface area contributed by atoms with Gasteiger partial charge in [0, 0.05) is 0 Å². The van der Waals surface area contributed by atoms with Crippen molar-refractivity contribution in [2.24, 2.45) is 5.73 Å². The van der Waals surface area contributed by atoms with Crippen LogP contribution >= 0.6 is 12.4 Å². The van der Waals surface area contributed by atoms with Gasteiger partial charge in [0.25, 0.3) is 6.43 Å². The quantitative estimate of drug-likeness (QED) is 0.603. The van der Waals surface area contributed by atoms with Crippen molar-refractivity contribution >= 4 is 18.4 Å². The van der Waals surface area contributed by atoms with Crippen molar-refractivity contribution in [2.75, 3.05) is 0 Å². The standard InChI is InChI=1S/C3H5F2NO2.ClH/c4-2(5)1(6)3(7)8;/h1-2H,6H2,(H,7,8);1H. The first-order chi connectivity index (χ1) is 3.55. The van der Waals surface area contributed by atoms with E-state index in [1.807, 2.05) is 0 Å². The van der Waals surface area contributed by atoms with Crippen LogP contribution in [0.4, 0.5) is 8.78 Å². The lowest BCUT2D eigenvalue weighted by Crippen LogP contribution is -2.36. The van der Waals surface area contributed by atoms with Crippen LogP contribution in [0.1, 0.15) is 0 Å². The molecule has 0 saturated heterocycles. The first-order valence-electron chi connectivity index (χ1n) is 1.82. The molecule has 3 nitrogen and oxygen atoms in total. The Hall–Kier alpha value is -0.420. The second kappa shape index (κ2) is 4.46. The maximum atomic E-state index is 11.2. The Bertz CT molecular complexity index is 99.8. The monoisotopic (exact) mass is 161 g/mol. The molecule has 56 valence electrons. The lowest BCUT2D eigenvalue weighted by atomic mass is 10.3. The van der Waals surface area contributed by atoms with E-state index in [2.05, 4.69) is 5.73 Å². The molecular formula is C3H6ClF2NO2. The van der Waals surface area contributed by atoms with Gasteiger partial charge >= 0.3 is 5.97 Å². The minimum absolute atomic E-state index is 0. The van der Waals surface area contributed by atoms with Crippen molar-refractivity contribution in [2.45, 2.75) is 12.5 Å². The fourth-order valence-electron chi connectivity index (χ4n) is 0.108. The van der Waals surface area contributed by atoms with Gasteiger partial charge in [-0.2, -0.15) is 0 Å². The van der Waals surface area contributed by atoms with Gasteiger partial charge in [0.05, 0.1) is 0 Å². The van der Waals surface area contributed by atoms with Gasteiger partial charge in [-0.25, -0.2) is 8.78 Å². The zero-order valence-corrected chi connectivity index (χ0v) is 5.07. The van der Waals surface area contributed by atoms with E-state index in [1.54, 1.807) is 0 Å². The molecule has 0 bridgehead atoms. The average molecular weight is 162 g/mol. The lowest BCUT2D eigenvalue weighted by Gasteiger charge is -2.01. The Morgan fingerprint density at radius 3 is 1.89 bits per heavy atom. The number of nitrogens with two attached hydrogens (primary N) is 1. The van der Waals surface area contributed by atoms with E-state index >= 15 is 0 Å². The molecule has 1 atom stereocenters. The van der Waals surface area contributed by atoms with E-state index in [9.17, 15) is 13.6 Å². The molecule has 0 aliphatic carbocycles. The summed E-state index contributed by atoms with van der Waals surface area (Å²) in [6.45, 7) is 0. The number of hydrogen-bond donors (Lipinski definition) is 2. The predicted octanol–water partition coefficient (Wildman–Crippen LogP) is 0.0852. The molecule has 0 heterocycles. The highest BCUT2D eigenvalue weighted by Crippen LogP contribution is 1.96. The Morgan fingerprint density at radius 2 is 1.89 bits per heavy atom. The van der Waals surface area contributed by atoms with Crippen LogP contribution in [0.15, 0.2) is 0 Å². The normalized spacial score (nSPS) is 12.4. The van der Waals surface area contributed by atoms with E-state index in [0.29, 0.717) is 0 Å². The van der Waals surface area contributed by atoms with Crippen molar-refractivity contribution in [3.8, 4) is 0 Å². The summed E-state index contributed by atoms with van der Waals surface area (Å²) in [7, 11) is 0. The molecule has 0 rings (SSSR count). The number of halogens is 3. The fourth-order valence-corrected chi connectivity index (χ4v) is 0.108. The summed E-state index contributed by atoms with van der Waals surface area (Å²) in [4.78, 5) is 9.54. The lowest BCUT2D eigenvalue weighted by molar-refractivity contribution is -0.142. The summed E-state index contributed by atoms with van der Waals surface area (Å²) in [5.41, 5.74) is 4.41. The van der Waals surface area contributed by atoms with Crippen LogP contribution in [0.5, 0.6) is 0 Å². The molecule has 1 unspecified atom stereocenters. The van der Waals surface area contributed by atoms with E-state index < -0.39 is 18.4 Å². The molecule has 0 aromatic rings. The van der Waals surface area contributed by atoms with Crippen LogP contribution < -0.4 is 5.73 Å². The minimum Gasteiger partial charge on any atom is -0.480 e. The Kier molecular flexibility index (Phi) is 5.64. The van der Waals surface area contributed by atoms with Crippen LogP contribution in [0.2, 0.25) is 0 Å². The number of carbonyl (C=O) groups is 1. The third-order valence-electron chi connectivity index (χ3n) is 0.557. The fraction of sp³-hybridized carbons (Fsp3) is 0.667. The van der Waals surface area contributed by atoms with Crippen LogP contribution in [-0.2, 0) is 4.79 Å². The first-order valence-corrected chi connectivity index (χ1v) is 1.82. The van der Waals surface area contributed by atoms with E-state index in [0.717, 1.165) is 0 Å². The van der Waals surface area contributed by atoms with Crippen molar-refractivity contribution in [3.63, 3.8) is 0 Å². The maximum absolute atomic E-state index is 11.2. The number of carboxylic acid groups (broad SMARTS) is 1. The van der Waals surface area contributed by atoms with Gasteiger partial charge < -0.3 is 10.8 Å². The number of hydrogen-bond acceptors (Lipinski definition) is 2. The first kappa shape index (κ1) is 11.4. The molecule has 0 aromatic carbocycles. The van der Waals surface area contributed by atoms with Crippen molar-refractivity contribution in [1.82, 2.24) is 0 Å². The van der Waals surface area contributed by atoms with E-state index in [4.69, 9.17) is 5.11 Å². The molecule has 0 aliphatic rings. The van der Waals surface area contributed by atoms with Crippen LogP contribution in [0.25, 0.3) is 0 Å². The molecule has 0 amide bonds. The van der Waals surface area contributed by atoms with Crippen LogP contribution in [-0.4, -0.2) is 23.5 Å². The minimum atomic E-state index is -2.98. The SMILES string of the molecule is Cl.NC(C(=O)O)C(F)F. The third kappa shape index (κ3) is 4.11. The highest BCUT2D eigenvalue weighted by molar-refractivity contribution is 5.85. The largest absolute Gasteiger partial charge is 0.480 e. The van der Waals surface area contributed by atoms with Gasteiger partial charge in [-0.05, 0) is 0 Å². The van der Waals surface area contributed by atoms with Crippen LogP contribution in [0, 0.1) is 0 Å². The summed E-state index contributed by atoms with van der Waals surface area (Å²) >= 11 is 0. The van der Waals surface area contributed by atoms with Gasteiger partial charge in [-0.1, -0.05) is 0 Å². The number of rotatable bonds is 2. The van der Waals surface area contributed by atoms with Gasteiger partial charge in [-0.3, -0.25) is 4.79 Å². The molecule has 0 radical (unpaired) electrons. The van der Waals surface area contributed by atoms with E-state index in [-0.39, 0.29) is 12.4 Å². The summed E-state index contributed by atoms with van der Waals surface area (Å²) < 4.78 is 22.3. The third-order valence-corrected chi connectivity index (χ3v) is 0.557. The highest BCUT2D eigenvalue weighted by Gasteiger charge is 2.22. The van der Waals surface area contributed by atoms with Crippen molar-refractivity contribution in [3.05, 3.63) is 0 Å². The van der Waals surface area contributed by atoms with E-state index in [1.165, 1.54) is 0 Å². The Labute approximate surface area is 56.2 Å². The average Bonchev–Trinajstić information content (AvgIpc) is 1.64. The molecule has 0 aromatic heterocycles. The number of aliphatic carboxylic acids is 1. The molecular weight excluding hydrogens is 155 g/mol. The molecule has 3 N–H and O–H groups in total. The van der Waals surface area contributed by atoms with Crippen molar-refractivity contribution in [1.29, 1.82) is 0 Å². The highest BCUT2D eigenvalue weighted by atomic mass is 35.5. The molecule has 0 saturated carbocycles. The summed E-state index contributed by atoms with van der Waals surface area (Å²) in [5.74, 6) is -1.68. The van der Waals surface area contributed by atoms with Gasteiger partial charge in [-0.15, -0.1) is 12.4 Å². The van der Waals surface area contributed by atoms with Gasteiger partial charge in [0.1, 0.15) is 0 Å². The van der Waals surface area contributed by atoms with Gasteiger partial charge in [0.15, 0.2) is 6.04 Å². The molecule has 0 fully saturated rings. The second-order valence-corrected chi connectivity index (χ2v) is 1.20. The smallest absolute Gasteiger partial charge is 0.326 e. The van der Waals surface area contributed by atoms with Gasteiger partial charge in [0.2, 0.25) is 0 Å². The number of alkyl halides is 2. The molecule has 0 aliphatic heterocycles. The summed E-state index contributed by atoms with van der Waals surface area (Å²) in [6, 6.07) is -2.05. The molecule has 6 heteroatoms. The Balaban J connectivity index is 0. The predicted molar refractivity (Wildman–Crippen MR) is 28.9 cm³/mol. The van der Waals surface area contributed by atoms with Crippen molar-refractivity contribution < 1.29 is 18.7 Å². The zero-order valence-electron chi connectivity index (χ0n) is 4.25.